The molecule has 0 bridgehead atoms. The van der Waals surface area contributed by atoms with Gasteiger partial charge in [-0.1, -0.05) is 29.8 Å². The van der Waals surface area contributed by atoms with E-state index in [0.717, 1.165) is 35.1 Å². The Kier molecular flexibility index (Phi) is 2.67. The Morgan fingerprint density at radius 2 is 2.19 bits per heavy atom. The summed E-state index contributed by atoms with van der Waals surface area (Å²) in [4.78, 5) is 6.02. The first-order valence-electron chi connectivity index (χ1n) is 5.29. The van der Waals surface area contributed by atoms with Crippen LogP contribution in [0.3, 0.4) is 0 Å². The molecule has 4 heteroatoms. The number of fused-ring (bicyclic) bond motifs is 1. The highest BCUT2D eigenvalue weighted by Crippen LogP contribution is 2.33. The fourth-order valence-electron chi connectivity index (χ4n) is 1.88. The van der Waals surface area contributed by atoms with Crippen molar-refractivity contribution in [1.29, 1.82) is 0 Å². The van der Waals surface area contributed by atoms with Crippen molar-refractivity contribution in [1.82, 2.24) is 10.3 Å². The number of nitrogens with one attached hydrogen (secondary N) is 1. The largest absolute Gasteiger partial charge is 0.311 e. The molecule has 0 saturated carbocycles. The predicted octanol–water partition coefficient (Wildman–Crippen LogP) is 3.11. The highest BCUT2D eigenvalue weighted by molar-refractivity contribution is 7.15. The highest BCUT2D eigenvalue weighted by Gasteiger charge is 2.16. The van der Waals surface area contributed by atoms with Gasteiger partial charge in [-0.05, 0) is 6.07 Å². The van der Waals surface area contributed by atoms with E-state index in [2.05, 4.69) is 10.3 Å². The third kappa shape index (κ3) is 1.75. The maximum atomic E-state index is 6.17. The van der Waals surface area contributed by atoms with Gasteiger partial charge in [-0.15, -0.1) is 11.3 Å². The molecule has 16 heavy (non-hydrogen) atoms. The minimum Gasteiger partial charge on any atom is -0.311 e. The quantitative estimate of drug-likeness (QED) is 0.841. The lowest BCUT2D eigenvalue weighted by Crippen LogP contribution is -2.22. The van der Waals surface area contributed by atoms with Gasteiger partial charge in [0.15, 0.2) is 0 Å². The van der Waals surface area contributed by atoms with E-state index in [-0.39, 0.29) is 0 Å². The number of halogens is 1. The standard InChI is InChI=1S/C12H11ClN2S/c13-9-4-2-1-3-8(9)12-15-10-5-6-14-7-11(10)16-12/h1-4,14H,5-7H2. The van der Waals surface area contributed by atoms with Crippen molar-refractivity contribution in [2.45, 2.75) is 13.0 Å². The monoisotopic (exact) mass is 250 g/mol. The molecule has 0 unspecified atom stereocenters. The zero-order chi connectivity index (χ0) is 11.0. The Balaban J connectivity index is 2.07. The van der Waals surface area contributed by atoms with Crippen LogP contribution in [0.1, 0.15) is 10.6 Å². The van der Waals surface area contributed by atoms with Crippen LogP contribution < -0.4 is 5.32 Å². The number of nitrogens with zero attached hydrogens (tertiary/aromatic N) is 1. The Hall–Kier alpha value is -0.900. The van der Waals surface area contributed by atoms with Crippen LogP contribution in [0.5, 0.6) is 0 Å². The summed E-state index contributed by atoms with van der Waals surface area (Å²) in [5, 5.41) is 5.18. The molecule has 82 valence electrons. The van der Waals surface area contributed by atoms with Gasteiger partial charge in [0.1, 0.15) is 5.01 Å². The summed E-state index contributed by atoms with van der Waals surface area (Å²) in [5.41, 5.74) is 2.28. The van der Waals surface area contributed by atoms with E-state index in [0.29, 0.717) is 0 Å². The summed E-state index contributed by atoms with van der Waals surface area (Å²) in [6.45, 7) is 1.97. The third-order valence-electron chi connectivity index (χ3n) is 2.71. The minimum atomic E-state index is 0.779. The van der Waals surface area contributed by atoms with Gasteiger partial charge in [0.2, 0.25) is 0 Å². The van der Waals surface area contributed by atoms with Crippen molar-refractivity contribution in [3.05, 3.63) is 39.9 Å². The molecule has 2 aromatic rings. The van der Waals surface area contributed by atoms with Gasteiger partial charge >= 0.3 is 0 Å². The van der Waals surface area contributed by atoms with E-state index in [4.69, 9.17) is 11.6 Å². The van der Waals surface area contributed by atoms with Crippen LogP contribution in [0.15, 0.2) is 24.3 Å². The van der Waals surface area contributed by atoms with Gasteiger partial charge in [0, 0.05) is 30.0 Å². The molecule has 0 saturated heterocycles. The van der Waals surface area contributed by atoms with E-state index in [1.807, 2.05) is 24.3 Å². The number of hydrogen-bond acceptors (Lipinski definition) is 3. The molecular weight excluding hydrogens is 240 g/mol. The van der Waals surface area contributed by atoms with Gasteiger partial charge in [-0.3, -0.25) is 0 Å². The van der Waals surface area contributed by atoms with E-state index >= 15 is 0 Å². The van der Waals surface area contributed by atoms with Gasteiger partial charge in [-0.25, -0.2) is 4.98 Å². The van der Waals surface area contributed by atoms with Crippen molar-refractivity contribution in [3.8, 4) is 10.6 Å². The Labute approximate surface area is 103 Å². The van der Waals surface area contributed by atoms with Crippen LogP contribution in [0, 0.1) is 0 Å². The Bertz CT molecular complexity index is 498. The molecular formula is C12H11ClN2S. The Morgan fingerprint density at radius 1 is 1.31 bits per heavy atom. The molecule has 0 atom stereocenters. The molecule has 2 heterocycles. The van der Waals surface area contributed by atoms with Gasteiger partial charge in [0.05, 0.1) is 10.7 Å². The minimum absolute atomic E-state index is 0.779. The van der Waals surface area contributed by atoms with Crippen LogP contribution in [0.4, 0.5) is 0 Å². The third-order valence-corrected chi connectivity index (χ3v) is 4.17. The SMILES string of the molecule is Clc1ccccc1-c1nc2c(s1)CNCC2. The first-order chi connectivity index (χ1) is 7.84. The summed E-state index contributed by atoms with van der Waals surface area (Å²) in [6, 6.07) is 7.89. The van der Waals surface area contributed by atoms with E-state index in [1.54, 1.807) is 11.3 Å². The number of rotatable bonds is 1. The maximum Gasteiger partial charge on any atom is 0.125 e. The van der Waals surface area contributed by atoms with E-state index in [1.165, 1.54) is 10.6 Å². The number of benzene rings is 1. The zero-order valence-electron chi connectivity index (χ0n) is 8.66. The molecule has 0 radical (unpaired) electrons. The first-order valence-corrected chi connectivity index (χ1v) is 6.48. The molecule has 1 N–H and O–H groups in total. The lowest BCUT2D eigenvalue weighted by atomic mass is 10.2. The summed E-state index contributed by atoms with van der Waals surface area (Å²) in [5.74, 6) is 0. The average Bonchev–Trinajstić information content (AvgIpc) is 2.73. The van der Waals surface area contributed by atoms with E-state index < -0.39 is 0 Å². The predicted molar refractivity (Wildman–Crippen MR) is 68.0 cm³/mol. The topological polar surface area (TPSA) is 24.9 Å². The lowest BCUT2D eigenvalue weighted by molar-refractivity contribution is 0.644. The van der Waals surface area contributed by atoms with Crippen molar-refractivity contribution in [3.63, 3.8) is 0 Å². The number of thiazole rings is 1. The summed E-state index contributed by atoms with van der Waals surface area (Å²) >= 11 is 7.92. The maximum absolute atomic E-state index is 6.17. The van der Waals surface area contributed by atoms with Crippen LogP contribution in [-0.4, -0.2) is 11.5 Å². The van der Waals surface area contributed by atoms with Crippen LogP contribution >= 0.6 is 22.9 Å². The summed E-state index contributed by atoms with van der Waals surface area (Å²) in [7, 11) is 0. The molecule has 0 aliphatic carbocycles. The molecule has 0 amide bonds. The average molecular weight is 251 g/mol. The van der Waals surface area contributed by atoms with Crippen LogP contribution in [0.25, 0.3) is 10.6 Å². The molecule has 3 rings (SSSR count). The molecule has 2 nitrogen and oxygen atoms in total. The highest BCUT2D eigenvalue weighted by atomic mass is 35.5. The van der Waals surface area contributed by atoms with Gasteiger partial charge in [-0.2, -0.15) is 0 Å². The number of aromatic nitrogens is 1. The molecule has 1 aromatic heterocycles. The van der Waals surface area contributed by atoms with Crippen molar-refractivity contribution < 1.29 is 0 Å². The summed E-state index contributed by atoms with van der Waals surface area (Å²) < 4.78 is 0. The summed E-state index contributed by atoms with van der Waals surface area (Å²) in [6.07, 6.45) is 1.02. The fourth-order valence-corrected chi connectivity index (χ4v) is 3.27. The molecule has 1 aliphatic heterocycles. The second kappa shape index (κ2) is 4.17. The fraction of sp³-hybridized carbons (Fsp3) is 0.250. The lowest BCUT2D eigenvalue weighted by Gasteiger charge is -2.09. The van der Waals surface area contributed by atoms with Gasteiger partial charge in [0.25, 0.3) is 0 Å². The first kappa shape index (κ1) is 10.3. The smallest absolute Gasteiger partial charge is 0.125 e. The molecule has 1 aromatic carbocycles. The van der Waals surface area contributed by atoms with Crippen LogP contribution in [-0.2, 0) is 13.0 Å². The second-order valence-corrected chi connectivity index (χ2v) is 5.29. The molecule has 0 spiro atoms. The van der Waals surface area contributed by atoms with Gasteiger partial charge < -0.3 is 5.32 Å². The van der Waals surface area contributed by atoms with Crippen LogP contribution in [0.2, 0.25) is 5.02 Å². The second-order valence-electron chi connectivity index (χ2n) is 3.80. The molecule has 0 fully saturated rings. The zero-order valence-corrected chi connectivity index (χ0v) is 10.2. The van der Waals surface area contributed by atoms with Crippen molar-refractivity contribution >= 4 is 22.9 Å². The molecule has 1 aliphatic rings. The number of hydrogen-bond donors (Lipinski definition) is 1. The van der Waals surface area contributed by atoms with Crippen molar-refractivity contribution in [2.24, 2.45) is 0 Å². The van der Waals surface area contributed by atoms with Crippen molar-refractivity contribution in [2.75, 3.05) is 6.54 Å². The van der Waals surface area contributed by atoms with E-state index in [9.17, 15) is 0 Å². The Morgan fingerprint density at radius 3 is 3.00 bits per heavy atom. The normalized spacial score (nSPS) is 14.8.